The molecule has 0 fully saturated rings. The Balaban J connectivity index is 1.41. The van der Waals surface area contributed by atoms with E-state index in [1.54, 1.807) is 24.3 Å². The molecular weight excluding hydrogens is 441 g/mol. The predicted octanol–water partition coefficient (Wildman–Crippen LogP) is 3.61. The number of aromatic nitrogens is 3. The van der Waals surface area contributed by atoms with Gasteiger partial charge in [0.2, 0.25) is 0 Å². The second-order valence-electron chi connectivity index (χ2n) is 6.77. The lowest BCUT2D eigenvalue weighted by Crippen LogP contribution is -2.44. The van der Waals surface area contributed by atoms with E-state index in [-0.39, 0.29) is 17.1 Å². The zero-order valence-corrected chi connectivity index (χ0v) is 16.6. The Labute approximate surface area is 183 Å². The van der Waals surface area contributed by atoms with Crippen molar-refractivity contribution in [3.8, 4) is 11.6 Å². The van der Waals surface area contributed by atoms with Crippen LogP contribution in [-0.2, 0) is 6.18 Å². The van der Waals surface area contributed by atoms with Crippen molar-refractivity contribution in [1.82, 2.24) is 25.6 Å². The Morgan fingerprint density at radius 2 is 1.70 bits per heavy atom. The van der Waals surface area contributed by atoms with Gasteiger partial charge in [-0.1, -0.05) is 24.3 Å². The highest BCUT2D eigenvalue weighted by Gasteiger charge is 2.34. The Hall–Kier alpha value is -4.61. The fourth-order valence-electron chi connectivity index (χ4n) is 3.05. The van der Waals surface area contributed by atoms with Crippen molar-refractivity contribution in [3.05, 3.63) is 78.1 Å². The summed E-state index contributed by atoms with van der Waals surface area (Å²) in [5.74, 6) is -1.60. The van der Waals surface area contributed by atoms with Gasteiger partial charge in [0.15, 0.2) is 11.6 Å². The van der Waals surface area contributed by atoms with Gasteiger partial charge in [-0.25, -0.2) is 19.9 Å². The van der Waals surface area contributed by atoms with Crippen LogP contribution in [0.1, 0.15) is 15.9 Å². The zero-order valence-electron chi connectivity index (χ0n) is 16.6. The third-order valence-electron chi connectivity index (χ3n) is 4.54. The highest BCUT2D eigenvalue weighted by atomic mass is 19.4. The first kappa shape index (κ1) is 21.6. The van der Waals surface area contributed by atoms with Gasteiger partial charge in [-0.05, 0) is 35.0 Å². The number of carbonyl (C=O) groups is 2. The van der Waals surface area contributed by atoms with Crippen molar-refractivity contribution in [3.63, 3.8) is 0 Å². The largest absolute Gasteiger partial charge is 0.507 e. The molecule has 4 aromatic rings. The maximum absolute atomic E-state index is 13.2. The number of hydrogen-bond donors (Lipinski definition) is 4. The molecule has 12 heteroatoms. The number of anilines is 1. The van der Waals surface area contributed by atoms with Crippen LogP contribution in [0.3, 0.4) is 0 Å². The molecule has 4 rings (SSSR count). The number of phenols is 1. The van der Waals surface area contributed by atoms with E-state index in [2.05, 4.69) is 26.3 Å². The predicted molar refractivity (Wildman–Crippen MR) is 112 cm³/mol. The number of nitrogens with zero attached hydrogens (tertiary/aromatic N) is 3. The van der Waals surface area contributed by atoms with E-state index in [0.29, 0.717) is 5.39 Å². The summed E-state index contributed by atoms with van der Waals surface area (Å²) in [6.07, 6.45) is -2.26. The van der Waals surface area contributed by atoms with Gasteiger partial charge in [-0.3, -0.25) is 15.5 Å². The molecule has 2 aromatic carbocycles. The number of halogens is 3. The molecule has 0 unspecified atom stereocenters. The first-order valence-electron chi connectivity index (χ1n) is 9.40. The number of phenolic OH excluding ortho intramolecular Hbond substituents is 1. The summed E-state index contributed by atoms with van der Waals surface area (Å²) < 4.78 is 40.4. The average Bonchev–Trinajstić information content (AvgIpc) is 3.24. The van der Waals surface area contributed by atoms with Crippen LogP contribution in [0.5, 0.6) is 5.75 Å². The van der Waals surface area contributed by atoms with Gasteiger partial charge in [-0.15, -0.1) is 5.10 Å². The van der Waals surface area contributed by atoms with E-state index < -0.39 is 29.5 Å². The van der Waals surface area contributed by atoms with E-state index in [1.165, 1.54) is 30.6 Å². The van der Waals surface area contributed by atoms with E-state index in [1.807, 2.05) is 0 Å². The number of benzene rings is 2. The van der Waals surface area contributed by atoms with Crippen LogP contribution < -0.4 is 16.2 Å². The molecule has 2 heterocycles. The topological polar surface area (TPSA) is 121 Å². The molecule has 4 N–H and O–H groups in total. The van der Waals surface area contributed by atoms with Gasteiger partial charge in [0.1, 0.15) is 11.3 Å². The molecule has 33 heavy (non-hydrogen) atoms. The van der Waals surface area contributed by atoms with Crippen molar-refractivity contribution in [2.45, 2.75) is 6.18 Å². The molecule has 0 saturated carbocycles. The molecule has 0 saturated heterocycles. The van der Waals surface area contributed by atoms with Gasteiger partial charge >= 0.3 is 12.2 Å². The summed E-state index contributed by atoms with van der Waals surface area (Å²) in [6.45, 7) is 0. The van der Waals surface area contributed by atoms with Gasteiger partial charge in [-0.2, -0.15) is 13.2 Å². The third-order valence-corrected chi connectivity index (χ3v) is 4.54. The number of aromatic hydroxyl groups is 1. The zero-order chi connectivity index (χ0) is 23.6. The summed E-state index contributed by atoms with van der Waals surface area (Å²) in [7, 11) is 0. The Morgan fingerprint density at radius 3 is 2.42 bits per heavy atom. The molecule has 3 amide bonds. The van der Waals surface area contributed by atoms with Gasteiger partial charge < -0.3 is 5.11 Å². The SMILES string of the molecule is O=C(NNC(=O)c1cc2ccccc2cc1O)Nc1ccn(-c2ncccc2C(F)(F)F)n1. The molecule has 0 bridgehead atoms. The Morgan fingerprint density at radius 1 is 0.970 bits per heavy atom. The molecule has 0 atom stereocenters. The number of alkyl halides is 3. The van der Waals surface area contributed by atoms with E-state index in [4.69, 9.17) is 0 Å². The number of carbonyl (C=O) groups excluding carboxylic acids is 2. The minimum atomic E-state index is -4.64. The number of urea groups is 1. The number of pyridine rings is 1. The number of hydrogen-bond acceptors (Lipinski definition) is 5. The van der Waals surface area contributed by atoms with E-state index >= 15 is 0 Å². The maximum atomic E-state index is 13.2. The minimum Gasteiger partial charge on any atom is -0.507 e. The number of nitrogens with one attached hydrogen (secondary N) is 3. The fraction of sp³-hybridized carbons (Fsp3) is 0.0476. The van der Waals surface area contributed by atoms with Crippen LogP contribution in [0.4, 0.5) is 23.8 Å². The van der Waals surface area contributed by atoms with Crippen LogP contribution in [0.2, 0.25) is 0 Å². The number of rotatable bonds is 3. The van der Waals surface area contributed by atoms with Crippen LogP contribution in [0, 0.1) is 0 Å². The number of amides is 3. The number of fused-ring (bicyclic) bond motifs is 1. The summed E-state index contributed by atoms with van der Waals surface area (Å²) >= 11 is 0. The highest BCUT2D eigenvalue weighted by Crippen LogP contribution is 2.32. The molecule has 168 valence electrons. The van der Waals surface area contributed by atoms with Crippen molar-refractivity contribution >= 4 is 28.5 Å². The molecule has 0 aliphatic heterocycles. The third kappa shape index (κ3) is 4.69. The van der Waals surface area contributed by atoms with Crippen molar-refractivity contribution in [2.75, 3.05) is 5.32 Å². The molecule has 0 aliphatic rings. The lowest BCUT2D eigenvalue weighted by molar-refractivity contribution is -0.137. The standard InChI is InChI=1S/C21H15F3N6O3/c22-21(23,24)15-6-3-8-25-18(15)30-9-7-17(29-30)26-20(33)28-27-19(32)14-10-12-4-1-2-5-13(12)11-16(14)31/h1-11,31H,(H,27,32)(H2,26,28,29,33). The number of hydrazine groups is 1. The van der Waals surface area contributed by atoms with Crippen LogP contribution in [0.25, 0.3) is 16.6 Å². The van der Waals surface area contributed by atoms with Gasteiger partial charge in [0.05, 0.1) is 5.56 Å². The molecule has 0 radical (unpaired) electrons. The lowest BCUT2D eigenvalue weighted by Gasteiger charge is -2.11. The lowest BCUT2D eigenvalue weighted by atomic mass is 10.1. The second-order valence-corrected chi connectivity index (χ2v) is 6.77. The van der Waals surface area contributed by atoms with Crippen LogP contribution >= 0.6 is 0 Å². The summed E-state index contributed by atoms with van der Waals surface area (Å²) in [4.78, 5) is 28.1. The highest BCUT2D eigenvalue weighted by molar-refractivity contribution is 6.02. The molecular formula is C21H15F3N6O3. The Kier molecular flexibility index (Phi) is 5.56. The summed E-state index contributed by atoms with van der Waals surface area (Å²) in [5, 5.41) is 17.7. The monoisotopic (exact) mass is 456 g/mol. The smallest absolute Gasteiger partial charge is 0.420 e. The van der Waals surface area contributed by atoms with E-state index in [9.17, 15) is 27.9 Å². The second kappa shape index (κ2) is 8.49. The first-order chi connectivity index (χ1) is 15.7. The molecule has 0 spiro atoms. The summed E-state index contributed by atoms with van der Waals surface area (Å²) in [6, 6.07) is 12.3. The minimum absolute atomic E-state index is 0.0619. The van der Waals surface area contributed by atoms with Gasteiger partial charge in [0, 0.05) is 18.5 Å². The molecule has 0 aliphatic carbocycles. The van der Waals surface area contributed by atoms with Crippen molar-refractivity contribution in [2.24, 2.45) is 0 Å². The quantitative estimate of drug-likeness (QED) is 0.351. The van der Waals surface area contributed by atoms with Crippen molar-refractivity contribution < 1.29 is 27.9 Å². The molecule has 2 aromatic heterocycles. The maximum Gasteiger partial charge on any atom is 0.420 e. The average molecular weight is 456 g/mol. The normalized spacial score (nSPS) is 11.2. The first-order valence-corrected chi connectivity index (χ1v) is 9.40. The Bertz CT molecular complexity index is 1350. The van der Waals surface area contributed by atoms with Crippen LogP contribution in [0.15, 0.2) is 67.0 Å². The van der Waals surface area contributed by atoms with Crippen molar-refractivity contribution in [1.29, 1.82) is 0 Å². The fourth-order valence-corrected chi connectivity index (χ4v) is 3.05. The van der Waals surface area contributed by atoms with E-state index in [0.717, 1.165) is 22.2 Å². The summed E-state index contributed by atoms with van der Waals surface area (Å²) in [5.41, 5.74) is 3.16. The van der Waals surface area contributed by atoms with Crippen LogP contribution in [-0.4, -0.2) is 31.8 Å². The molecule has 9 nitrogen and oxygen atoms in total. The van der Waals surface area contributed by atoms with Gasteiger partial charge in [0.25, 0.3) is 5.91 Å².